The fourth-order valence-electron chi connectivity index (χ4n) is 3.46. The van der Waals surface area contributed by atoms with Crippen molar-refractivity contribution in [2.45, 2.75) is 38.6 Å². The van der Waals surface area contributed by atoms with Crippen molar-refractivity contribution in [2.75, 3.05) is 0 Å². The minimum absolute atomic E-state index is 0.180. The Labute approximate surface area is 150 Å². The Hall–Kier alpha value is -2.69. The fraction of sp³-hybridized carbons (Fsp3) is 0.286. The average molecular weight is 351 g/mol. The number of fused-ring (bicyclic) bond motifs is 2. The van der Waals surface area contributed by atoms with Gasteiger partial charge in [-0.1, -0.05) is 32.0 Å². The van der Waals surface area contributed by atoms with E-state index in [0.29, 0.717) is 17.0 Å². The standard InChI is InChI=1S/C21H19F2N3/c1-20(2)18-14(23)10-9-13(22)17(18)19(24-21(20,3)4)16-11-12-7-5-6-8-15(12)25-26-16/h5-11H,1-4H3. The van der Waals surface area contributed by atoms with Crippen LogP contribution in [0.2, 0.25) is 0 Å². The third-order valence-corrected chi connectivity index (χ3v) is 5.62. The van der Waals surface area contributed by atoms with Crippen LogP contribution in [-0.2, 0) is 5.41 Å². The molecule has 0 aliphatic carbocycles. The van der Waals surface area contributed by atoms with Gasteiger partial charge in [0.25, 0.3) is 0 Å². The predicted octanol–water partition coefficient (Wildman–Crippen LogP) is 4.82. The van der Waals surface area contributed by atoms with Crippen LogP contribution in [0.25, 0.3) is 10.9 Å². The molecule has 0 unspecified atom stereocenters. The van der Waals surface area contributed by atoms with Crippen molar-refractivity contribution in [3.05, 3.63) is 70.9 Å². The van der Waals surface area contributed by atoms with Crippen LogP contribution in [0.4, 0.5) is 8.78 Å². The van der Waals surface area contributed by atoms with Crippen LogP contribution in [0.1, 0.15) is 44.5 Å². The molecular weight excluding hydrogens is 332 g/mol. The number of hydrogen-bond acceptors (Lipinski definition) is 3. The van der Waals surface area contributed by atoms with Gasteiger partial charge >= 0.3 is 0 Å². The van der Waals surface area contributed by atoms with Crippen molar-refractivity contribution >= 4 is 16.6 Å². The van der Waals surface area contributed by atoms with Crippen LogP contribution in [-0.4, -0.2) is 21.4 Å². The molecule has 5 heteroatoms. The highest BCUT2D eigenvalue weighted by molar-refractivity contribution is 6.14. The quantitative estimate of drug-likeness (QED) is 0.631. The lowest BCUT2D eigenvalue weighted by molar-refractivity contribution is 0.291. The molecule has 26 heavy (non-hydrogen) atoms. The van der Waals surface area contributed by atoms with Gasteiger partial charge in [-0.25, -0.2) is 8.78 Å². The van der Waals surface area contributed by atoms with Crippen LogP contribution in [0.3, 0.4) is 0 Å². The topological polar surface area (TPSA) is 38.1 Å². The molecule has 1 aliphatic rings. The van der Waals surface area contributed by atoms with Gasteiger partial charge in [-0.3, -0.25) is 4.99 Å². The number of halogens is 2. The molecule has 0 radical (unpaired) electrons. The summed E-state index contributed by atoms with van der Waals surface area (Å²) >= 11 is 0. The van der Waals surface area contributed by atoms with Crippen molar-refractivity contribution in [3.63, 3.8) is 0 Å². The molecule has 0 spiro atoms. The zero-order chi connectivity index (χ0) is 18.7. The second-order valence-corrected chi connectivity index (χ2v) is 7.71. The molecule has 132 valence electrons. The van der Waals surface area contributed by atoms with Gasteiger partial charge in [0.05, 0.1) is 16.8 Å². The minimum Gasteiger partial charge on any atom is -0.275 e. The summed E-state index contributed by atoms with van der Waals surface area (Å²) < 4.78 is 29.6. The highest BCUT2D eigenvalue weighted by Gasteiger charge is 2.47. The van der Waals surface area contributed by atoms with Crippen LogP contribution in [0.15, 0.2) is 47.5 Å². The van der Waals surface area contributed by atoms with Gasteiger partial charge in [-0.2, -0.15) is 0 Å². The maximum absolute atomic E-state index is 14.8. The van der Waals surface area contributed by atoms with Gasteiger partial charge in [0.15, 0.2) is 0 Å². The maximum Gasteiger partial charge on any atom is 0.133 e. The normalized spacial score (nSPS) is 17.7. The maximum atomic E-state index is 14.8. The molecule has 0 atom stereocenters. The van der Waals surface area contributed by atoms with E-state index in [0.717, 1.165) is 17.0 Å². The summed E-state index contributed by atoms with van der Waals surface area (Å²) in [5.74, 6) is -0.931. The highest BCUT2D eigenvalue weighted by atomic mass is 19.1. The highest BCUT2D eigenvalue weighted by Crippen LogP contribution is 2.45. The molecule has 3 nitrogen and oxygen atoms in total. The van der Waals surface area contributed by atoms with Crippen LogP contribution in [0.5, 0.6) is 0 Å². The molecule has 0 fully saturated rings. The largest absolute Gasteiger partial charge is 0.275 e. The van der Waals surface area contributed by atoms with E-state index in [1.54, 1.807) is 0 Å². The molecule has 2 aromatic carbocycles. The number of benzene rings is 2. The van der Waals surface area contributed by atoms with E-state index >= 15 is 0 Å². The van der Waals surface area contributed by atoms with E-state index in [9.17, 15) is 8.78 Å². The van der Waals surface area contributed by atoms with E-state index in [4.69, 9.17) is 4.99 Å². The van der Waals surface area contributed by atoms with Crippen molar-refractivity contribution in [2.24, 2.45) is 4.99 Å². The summed E-state index contributed by atoms with van der Waals surface area (Å²) in [4.78, 5) is 4.79. The molecule has 3 aromatic rings. The van der Waals surface area contributed by atoms with Gasteiger partial charge in [0.2, 0.25) is 0 Å². The molecule has 0 amide bonds. The Morgan fingerprint density at radius 2 is 1.54 bits per heavy atom. The molecule has 4 rings (SSSR count). The van der Waals surface area contributed by atoms with Gasteiger partial charge in [-0.05, 0) is 38.1 Å². The van der Waals surface area contributed by atoms with E-state index in [1.807, 2.05) is 58.0 Å². The van der Waals surface area contributed by atoms with Gasteiger partial charge in [0, 0.05) is 21.9 Å². The molecule has 1 aliphatic heterocycles. The molecule has 0 N–H and O–H groups in total. The Kier molecular flexibility index (Phi) is 3.48. The second kappa shape index (κ2) is 5.40. The van der Waals surface area contributed by atoms with Crippen LogP contribution >= 0.6 is 0 Å². The van der Waals surface area contributed by atoms with Crippen LogP contribution in [0, 0.1) is 11.6 Å². The number of aromatic nitrogens is 2. The molecule has 0 saturated heterocycles. The number of nitrogens with zero attached hydrogens (tertiary/aromatic N) is 3. The zero-order valence-corrected chi connectivity index (χ0v) is 15.1. The van der Waals surface area contributed by atoms with Gasteiger partial charge in [0.1, 0.15) is 17.3 Å². The third kappa shape index (κ3) is 2.26. The van der Waals surface area contributed by atoms with E-state index in [-0.39, 0.29) is 5.56 Å². The summed E-state index contributed by atoms with van der Waals surface area (Å²) in [6.45, 7) is 7.63. The average Bonchev–Trinajstić information content (AvgIpc) is 2.60. The number of rotatable bonds is 1. The van der Waals surface area contributed by atoms with E-state index in [2.05, 4.69) is 10.2 Å². The summed E-state index contributed by atoms with van der Waals surface area (Å²) in [6.07, 6.45) is 0. The first kappa shape index (κ1) is 16.8. The fourth-order valence-corrected chi connectivity index (χ4v) is 3.46. The minimum atomic E-state index is -0.678. The van der Waals surface area contributed by atoms with Gasteiger partial charge < -0.3 is 0 Å². The SMILES string of the molecule is CC1(C)N=C(c2cc3ccccc3nn2)c2c(F)ccc(F)c2C1(C)C. The second-order valence-electron chi connectivity index (χ2n) is 7.71. The van der Waals surface area contributed by atoms with Gasteiger partial charge in [-0.15, -0.1) is 10.2 Å². The van der Waals surface area contributed by atoms with E-state index in [1.165, 1.54) is 6.07 Å². The first-order chi connectivity index (χ1) is 12.2. The first-order valence-corrected chi connectivity index (χ1v) is 8.54. The van der Waals surface area contributed by atoms with Crippen molar-refractivity contribution in [1.29, 1.82) is 0 Å². The molecule has 2 heterocycles. The van der Waals surface area contributed by atoms with Crippen molar-refractivity contribution in [3.8, 4) is 0 Å². The predicted molar refractivity (Wildman–Crippen MR) is 98.6 cm³/mol. The lowest BCUT2D eigenvalue weighted by Crippen LogP contribution is -2.47. The smallest absolute Gasteiger partial charge is 0.133 e. The first-order valence-electron chi connectivity index (χ1n) is 8.54. The molecule has 0 bridgehead atoms. The number of aliphatic imine (C=N–C) groups is 1. The molecule has 0 saturated carbocycles. The van der Waals surface area contributed by atoms with Crippen LogP contribution < -0.4 is 0 Å². The van der Waals surface area contributed by atoms with E-state index < -0.39 is 22.6 Å². The molecule has 1 aromatic heterocycles. The molecular formula is C21H19F2N3. The Morgan fingerprint density at radius 3 is 2.31 bits per heavy atom. The Bertz CT molecular complexity index is 1070. The summed E-state index contributed by atoms with van der Waals surface area (Å²) in [7, 11) is 0. The Morgan fingerprint density at radius 1 is 0.846 bits per heavy atom. The summed E-state index contributed by atoms with van der Waals surface area (Å²) in [6, 6.07) is 11.7. The summed E-state index contributed by atoms with van der Waals surface area (Å²) in [5.41, 5.74) is 0.728. The zero-order valence-electron chi connectivity index (χ0n) is 15.1. The number of hydrogen-bond donors (Lipinski definition) is 0. The lowest BCUT2D eigenvalue weighted by atomic mass is 9.65. The lowest BCUT2D eigenvalue weighted by Gasteiger charge is -2.44. The monoisotopic (exact) mass is 351 g/mol. The van der Waals surface area contributed by atoms with Crippen molar-refractivity contribution in [1.82, 2.24) is 10.2 Å². The van der Waals surface area contributed by atoms with Crippen molar-refractivity contribution < 1.29 is 8.78 Å². The summed E-state index contributed by atoms with van der Waals surface area (Å²) in [5, 5.41) is 9.34. The Balaban J connectivity index is 2.05. The third-order valence-electron chi connectivity index (χ3n) is 5.62.